The first kappa shape index (κ1) is 10.9. The number of imidazole rings is 1. The van der Waals surface area contributed by atoms with Crippen LogP contribution in [0, 0.1) is 0 Å². The summed E-state index contributed by atoms with van der Waals surface area (Å²) in [4.78, 5) is 20.5. The Labute approximate surface area is 93.8 Å². The van der Waals surface area contributed by atoms with Gasteiger partial charge in [0.1, 0.15) is 6.33 Å². The smallest absolute Gasteiger partial charge is 0.281 e. The molecule has 0 atom stereocenters. The minimum Gasteiger partial charge on any atom is -0.313 e. The van der Waals surface area contributed by atoms with E-state index in [1.807, 2.05) is 25.3 Å². The van der Waals surface area contributed by atoms with Crippen molar-refractivity contribution in [3.05, 3.63) is 23.0 Å². The first-order valence-corrected chi connectivity index (χ1v) is 5.57. The zero-order chi connectivity index (χ0) is 11.7. The molecule has 5 heteroatoms. The number of rotatable bonds is 3. The zero-order valence-electron chi connectivity index (χ0n) is 9.84. The Balaban J connectivity index is 2.64. The van der Waals surface area contributed by atoms with Crippen LogP contribution in [0.5, 0.6) is 0 Å². The lowest BCUT2D eigenvalue weighted by molar-refractivity contribution is 0.607. The summed E-state index contributed by atoms with van der Waals surface area (Å²) in [6.45, 7) is 6.81. The van der Waals surface area contributed by atoms with Crippen LogP contribution < -0.4 is 5.56 Å². The van der Waals surface area contributed by atoms with Crippen LogP contribution in [-0.2, 0) is 6.54 Å². The van der Waals surface area contributed by atoms with Crippen molar-refractivity contribution in [2.75, 3.05) is 0 Å². The SMILES string of the molecule is CCCn1cnc2c(ncn2C(C)C)c1=O. The van der Waals surface area contributed by atoms with Gasteiger partial charge in [0.25, 0.3) is 5.56 Å². The molecule has 2 aromatic rings. The van der Waals surface area contributed by atoms with Crippen molar-refractivity contribution in [2.45, 2.75) is 39.8 Å². The van der Waals surface area contributed by atoms with Crippen LogP contribution in [0.2, 0.25) is 0 Å². The van der Waals surface area contributed by atoms with Gasteiger partial charge in [-0.25, -0.2) is 9.97 Å². The summed E-state index contributed by atoms with van der Waals surface area (Å²) in [7, 11) is 0. The van der Waals surface area contributed by atoms with E-state index in [-0.39, 0.29) is 11.6 Å². The molecule has 0 saturated carbocycles. The highest BCUT2D eigenvalue weighted by atomic mass is 16.1. The predicted octanol–water partition coefficient (Wildman–Crippen LogP) is 1.58. The average molecular weight is 220 g/mol. The summed E-state index contributed by atoms with van der Waals surface area (Å²) in [6.07, 6.45) is 4.20. The lowest BCUT2D eigenvalue weighted by Crippen LogP contribution is -2.21. The van der Waals surface area contributed by atoms with E-state index in [1.54, 1.807) is 17.2 Å². The molecule has 0 bridgehead atoms. The maximum absolute atomic E-state index is 12.0. The van der Waals surface area contributed by atoms with E-state index >= 15 is 0 Å². The highest BCUT2D eigenvalue weighted by molar-refractivity contribution is 5.69. The van der Waals surface area contributed by atoms with Gasteiger partial charge in [0, 0.05) is 12.6 Å². The number of hydrogen-bond donors (Lipinski definition) is 0. The highest BCUT2D eigenvalue weighted by Gasteiger charge is 2.11. The lowest BCUT2D eigenvalue weighted by Gasteiger charge is -2.07. The number of aryl methyl sites for hydroxylation is 1. The van der Waals surface area contributed by atoms with Crippen LogP contribution in [-0.4, -0.2) is 19.1 Å². The number of aromatic nitrogens is 4. The minimum absolute atomic E-state index is 0.0498. The van der Waals surface area contributed by atoms with Gasteiger partial charge in [-0.2, -0.15) is 0 Å². The van der Waals surface area contributed by atoms with Gasteiger partial charge >= 0.3 is 0 Å². The van der Waals surface area contributed by atoms with Crippen molar-refractivity contribution in [1.29, 1.82) is 0 Å². The van der Waals surface area contributed by atoms with Gasteiger partial charge in [-0.15, -0.1) is 0 Å². The Bertz CT molecular complexity index is 553. The standard InChI is InChI=1S/C11H16N4O/c1-4-5-14-6-13-10-9(11(14)16)12-7-15(10)8(2)3/h6-8H,4-5H2,1-3H3. The molecule has 86 valence electrons. The van der Waals surface area contributed by atoms with E-state index in [0.717, 1.165) is 6.42 Å². The summed E-state index contributed by atoms with van der Waals surface area (Å²) < 4.78 is 3.52. The third-order valence-electron chi connectivity index (χ3n) is 2.57. The van der Waals surface area contributed by atoms with E-state index in [2.05, 4.69) is 9.97 Å². The minimum atomic E-state index is -0.0498. The van der Waals surface area contributed by atoms with Gasteiger partial charge in [0.05, 0.1) is 6.33 Å². The summed E-state index contributed by atoms with van der Waals surface area (Å²) in [5.41, 5.74) is 1.09. The molecule has 2 aromatic heterocycles. The molecule has 16 heavy (non-hydrogen) atoms. The molecule has 0 aromatic carbocycles. The molecule has 0 fully saturated rings. The molecule has 0 radical (unpaired) electrons. The first-order valence-electron chi connectivity index (χ1n) is 5.57. The Kier molecular flexibility index (Phi) is 2.77. The Morgan fingerprint density at radius 2 is 2.06 bits per heavy atom. The molecule has 0 saturated heterocycles. The van der Waals surface area contributed by atoms with Gasteiger partial charge in [0.2, 0.25) is 0 Å². The normalized spacial score (nSPS) is 11.5. The van der Waals surface area contributed by atoms with Gasteiger partial charge < -0.3 is 4.57 Å². The fourth-order valence-electron chi connectivity index (χ4n) is 1.72. The molecular weight excluding hydrogens is 204 g/mol. The van der Waals surface area contributed by atoms with Gasteiger partial charge in [-0.05, 0) is 20.3 Å². The zero-order valence-corrected chi connectivity index (χ0v) is 9.84. The third kappa shape index (κ3) is 1.62. The van der Waals surface area contributed by atoms with Crippen molar-refractivity contribution in [3.63, 3.8) is 0 Å². The highest BCUT2D eigenvalue weighted by Crippen LogP contribution is 2.11. The largest absolute Gasteiger partial charge is 0.313 e. The van der Waals surface area contributed by atoms with Crippen LogP contribution >= 0.6 is 0 Å². The molecule has 0 amide bonds. The number of nitrogens with zero attached hydrogens (tertiary/aromatic N) is 4. The monoisotopic (exact) mass is 220 g/mol. The van der Waals surface area contributed by atoms with E-state index < -0.39 is 0 Å². The fourth-order valence-corrected chi connectivity index (χ4v) is 1.72. The third-order valence-corrected chi connectivity index (χ3v) is 2.57. The van der Waals surface area contributed by atoms with Crippen LogP contribution in [0.25, 0.3) is 11.2 Å². The van der Waals surface area contributed by atoms with Crippen LogP contribution in [0.3, 0.4) is 0 Å². The van der Waals surface area contributed by atoms with Crippen molar-refractivity contribution in [2.24, 2.45) is 0 Å². The first-order chi connectivity index (χ1) is 7.65. The number of fused-ring (bicyclic) bond motifs is 1. The van der Waals surface area contributed by atoms with E-state index in [9.17, 15) is 4.79 Å². The van der Waals surface area contributed by atoms with Crippen LogP contribution in [0.15, 0.2) is 17.4 Å². The molecule has 0 unspecified atom stereocenters. The summed E-state index contributed by atoms with van der Waals surface area (Å²) in [6, 6.07) is 0.263. The molecule has 2 heterocycles. The molecule has 2 rings (SSSR count). The molecule has 0 aliphatic carbocycles. The Hall–Kier alpha value is -1.65. The molecule has 5 nitrogen and oxygen atoms in total. The number of hydrogen-bond acceptors (Lipinski definition) is 3. The van der Waals surface area contributed by atoms with Crippen molar-refractivity contribution in [3.8, 4) is 0 Å². The van der Waals surface area contributed by atoms with Gasteiger partial charge in [0.15, 0.2) is 11.2 Å². The van der Waals surface area contributed by atoms with E-state index in [0.29, 0.717) is 17.7 Å². The second-order valence-electron chi connectivity index (χ2n) is 4.16. The van der Waals surface area contributed by atoms with E-state index in [1.165, 1.54) is 0 Å². The second kappa shape index (κ2) is 4.08. The maximum Gasteiger partial charge on any atom is 0.281 e. The Morgan fingerprint density at radius 1 is 1.31 bits per heavy atom. The average Bonchev–Trinajstić information content (AvgIpc) is 2.67. The second-order valence-corrected chi connectivity index (χ2v) is 4.16. The van der Waals surface area contributed by atoms with Gasteiger partial charge in [-0.3, -0.25) is 9.36 Å². The van der Waals surface area contributed by atoms with Crippen molar-refractivity contribution in [1.82, 2.24) is 19.1 Å². The topological polar surface area (TPSA) is 52.7 Å². The Morgan fingerprint density at radius 3 is 2.69 bits per heavy atom. The lowest BCUT2D eigenvalue weighted by atomic mass is 10.4. The van der Waals surface area contributed by atoms with Crippen LogP contribution in [0.4, 0.5) is 0 Å². The van der Waals surface area contributed by atoms with Gasteiger partial charge in [-0.1, -0.05) is 6.92 Å². The van der Waals surface area contributed by atoms with E-state index in [4.69, 9.17) is 0 Å². The summed E-state index contributed by atoms with van der Waals surface area (Å²) in [5, 5.41) is 0. The van der Waals surface area contributed by atoms with Crippen molar-refractivity contribution < 1.29 is 0 Å². The predicted molar refractivity (Wildman–Crippen MR) is 62.5 cm³/mol. The molecule has 0 spiro atoms. The molecular formula is C11H16N4O. The van der Waals surface area contributed by atoms with Crippen LogP contribution in [0.1, 0.15) is 33.2 Å². The molecule has 0 aliphatic rings. The quantitative estimate of drug-likeness (QED) is 0.789. The summed E-state index contributed by atoms with van der Waals surface area (Å²) >= 11 is 0. The maximum atomic E-state index is 12.0. The molecule has 0 N–H and O–H groups in total. The van der Waals surface area contributed by atoms with Crippen molar-refractivity contribution >= 4 is 11.2 Å². The fraction of sp³-hybridized carbons (Fsp3) is 0.545. The molecule has 0 aliphatic heterocycles. The summed E-state index contributed by atoms with van der Waals surface area (Å²) in [5.74, 6) is 0.